The van der Waals surface area contributed by atoms with E-state index in [9.17, 15) is 19.4 Å². The van der Waals surface area contributed by atoms with Gasteiger partial charge in [-0.15, -0.1) is 0 Å². The molecule has 1 saturated heterocycles. The summed E-state index contributed by atoms with van der Waals surface area (Å²) in [6.07, 6.45) is 6.70. The van der Waals surface area contributed by atoms with Gasteiger partial charge in [0.05, 0.1) is 35.0 Å². The molecule has 0 radical (unpaired) electrons. The van der Waals surface area contributed by atoms with Crippen LogP contribution in [0.4, 0.5) is 10.6 Å². The van der Waals surface area contributed by atoms with E-state index in [4.69, 9.17) is 9.97 Å². The second-order valence-corrected chi connectivity index (χ2v) is 11.0. The molecule has 1 aliphatic heterocycles. The number of fused-ring (bicyclic) bond motifs is 2. The normalized spacial score (nSPS) is 24.8. The first-order valence-electron chi connectivity index (χ1n) is 11.8. The molecule has 1 aromatic carbocycles. The Balaban J connectivity index is 1.48. The first kappa shape index (κ1) is 22.8. The van der Waals surface area contributed by atoms with Gasteiger partial charge in [0.25, 0.3) is 0 Å². The van der Waals surface area contributed by atoms with Crippen LogP contribution in [-0.4, -0.2) is 62.2 Å². The highest BCUT2D eigenvalue weighted by molar-refractivity contribution is 7.84. The molecule has 1 amide bonds. The van der Waals surface area contributed by atoms with Crippen molar-refractivity contribution in [2.45, 2.75) is 56.1 Å². The van der Waals surface area contributed by atoms with Crippen molar-refractivity contribution in [2.24, 2.45) is 5.41 Å². The van der Waals surface area contributed by atoms with Crippen LogP contribution in [0.3, 0.4) is 0 Å². The second kappa shape index (κ2) is 8.99. The van der Waals surface area contributed by atoms with Crippen LogP contribution in [-0.2, 0) is 36.5 Å². The van der Waals surface area contributed by atoms with E-state index in [0.717, 1.165) is 55.6 Å². The van der Waals surface area contributed by atoms with Crippen molar-refractivity contribution in [3.63, 3.8) is 0 Å². The topological polar surface area (TPSA) is 110 Å². The predicted molar refractivity (Wildman–Crippen MR) is 128 cm³/mol. The van der Waals surface area contributed by atoms with E-state index in [1.54, 1.807) is 6.26 Å². The van der Waals surface area contributed by atoms with Crippen LogP contribution in [0.15, 0.2) is 29.4 Å². The molecular weight excluding hydrogens is 450 g/mol. The monoisotopic (exact) mass is 479 g/mol. The average molecular weight is 480 g/mol. The molecule has 1 spiro atoms. The smallest absolute Gasteiger partial charge is 0.407 e. The van der Waals surface area contributed by atoms with Crippen molar-refractivity contribution in [1.29, 1.82) is 5.26 Å². The Morgan fingerprint density at radius 3 is 2.71 bits per heavy atom. The maximum absolute atomic E-state index is 12.4. The Morgan fingerprint density at radius 1 is 1.21 bits per heavy atom. The highest BCUT2D eigenvalue weighted by atomic mass is 32.2. The Bertz CT molecular complexity index is 1200. The molecule has 178 valence electrons. The minimum atomic E-state index is -1.33. The third-order valence-electron chi connectivity index (χ3n) is 7.72. The summed E-state index contributed by atoms with van der Waals surface area (Å²) in [5, 5.41) is 19.1. The van der Waals surface area contributed by atoms with Crippen LogP contribution >= 0.6 is 0 Å². The number of carbonyl (C=O) groups is 1. The molecule has 2 aliphatic carbocycles. The number of carboxylic acid groups (broad SMARTS) is 1. The van der Waals surface area contributed by atoms with E-state index < -0.39 is 22.9 Å². The van der Waals surface area contributed by atoms with E-state index in [1.165, 1.54) is 16.0 Å². The standard InChI is InChI=1S/C25H29N5O3S/c1-34(33)23-27-21-15-25(9-6-17-4-2-3-5-18(17)14-25)10-7-20(21)22(28-23)29-12-13-30(24(31)32)19(16-29)8-11-26/h2-5,19H,6-10,12-16H2,1H3,(H,31,32)/t19-,25-,34?/m0/s1. The van der Waals surface area contributed by atoms with Crippen LogP contribution in [0, 0.1) is 16.7 Å². The fraction of sp³-hybridized carbons (Fsp3) is 0.520. The number of nitriles is 1. The summed E-state index contributed by atoms with van der Waals surface area (Å²) in [5.74, 6) is 0.772. The lowest BCUT2D eigenvalue weighted by Gasteiger charge is -2.44. The van der Waals surface area contributed by atoms with E-state index in [0.29, 0.717) is 24.8 Å². The summed E-state index contributed by atoms with van der Waals surface area (Å²) in [7, 11) is -1.33. The lowest BCUT2D eigenvalue weighted by molar-refractivity contribution is 0.119. The first-order chi connectivity index (χ1) is 16.4. The Kier molecular flexibility index (Phi) is 6.02. The van der Waals surface area contributed by atoms with Crippen molar-refractivity contribution < 1.29 is 14.1 Å². The minimum Gasteiger partial charge on any atom is -0.465 e. The molecule has 8 nitrogen and oxygen atoms in total. The summed E-state index contributed by atoms with van der Waals surface area (Å²) in [6.45, 7) is 1.20. The van der Waals surface area contributed by atoms with Crippen molar-refractivity contribution in [3.8, 4) is 6.07 Å². The number of aryl methyl sites for hydroxylation is 1. The average Bonchev–Trinajstić information content (AvgIpc) is 2.83. The third kappa shape index (κ3) is 4.16. The largest absolute Gasteiger partial charge is 0.465 e. The predicted octanol–water partition coefficient (Wildman–Crippen LogP) is 2.96. The van der Waals surface area contributed by atoms with Crippen molar-refractivity contribution >= 4 is 22.7 Å². The minimum absolute atomic E-state index is 0.130. The molecule has 0 saturated carbocycles. The van der Waals surface area contributed by atoms with Crippen LogP contribution in [0.5, 0.6) is 0 Å². The van der Waals surface area contributed by atoms with Crippen molar-refractivity contribution in [2.75, 3.05) is 30.8 Å². The van der Waals surface area contributed by atoms with E-state index in [1.807, 2.05) is 0 Å². The number of hydrogen-bond acceptors (Lipinski definition) is 6. The molecular formula is C25H29N5O3S. The molecule has 3 atom stereocenters. The number of aromatic nitrogens is 2. The number of hydrogen-bond donors (Lipinski definition) is 1. The number of benzene rings is 1. The second-order valence-electron chi connectivity index (χ2n) is 9.77. The number of anilines is 1. The fourth-order valence-electron chi connectivity index (χ4n) is 5.93. The van der Waals surface area contributed by atoms with Crippen LogP contribution < -0.4 is 4.90 Å². The van der Waals surface area contributed by atoms with Crippen LogP contribution in [0.2, 0.25) is 0 Å². The van der Waals surface area contributed by atoms with Gasteiger partial charge in [-0.2, -0.15) is 5.26 Å². The summed E-state index contributed by atoms with van der Waals surface area (Å²) in [6, 6.07) is 10.4. The van der Waals surface area contributed by atoms with Gasteiger partial charge in [0.2, 0.25) is 5.16 Å². The molecule has 1 fully saturated rings. The molecule has 1 N–H and O–H groups in total. The molecule has 1 aromatic heterocycles. The van der Waals surface area contributed by atoms with Crippen molar-refractivity contribution in [3.05, 3.63) is 46.6 Å². The van der Waals surface area contributed by atoms with E-state index in [-0.39, 0.29) is 11.8 Å². The van der Waals surface area contributed by atoms with E-state index in [2.05, 4.69) is 35.2 Å². The maximum Gasteiger partial charge on any atom is 0.407 e. The molecule has 5 rings (SSSR count). The lowest BCUT2D eigenvalue weighted by atomic mass is 9.63. The van der Waals surface area contributed by atoms with Gasteiger partial charge in [0.15, 0.2) is 0 Å². The highest BCUT2D eigenvalue weighted by Crippen LogP contribution is 2.46. The number of nitrogens with zero attached hydrogens (tertiary/aromatic N) is 5. The number of amides is 1. The third-order valence-corrected chi connectivity index (χ3v) is 8.42. The van der Waals surface area contributed by atoms with E-state index >= 15 is 0 Å². The van der Waals surface area contributed by atoms with Crippen LogP contribution in [0.25, 0.3) is 0 Å². The van der Waals surface area contributed by atoms with Crippen LogP contribution in [0.1, 0.15) is 41.6 Å². The van der Waals surface area contributed by atoms with Gasteiger partial charge in [-0.05, 0) is 55.1 Å². The Hall–Kier alpha value is -2.99. The van der Waals surface area contributed by atoms with Gasteiger partial charge in [0, 0.05) is 31.5 Å². The number of piperazine rings is 1. The van der Waals surface area contributed by atoms with Gasteiger partial charge in [-0.25, -0.2) is 14.8 Å². The Labute approximate surface area is 202 Å². The van der Waals surface area contributed by atoms with Gasteiger partial charge >= 0.3 is 6.09 Å². The lowest BCUT2D eigenvalue weighted by Crippen LogP contribution is -2.55. The fourth-order valence-corrected chi connectivity index (χ4v) is 6.38. The zero-order valence-electron chi connectivity index (χ0n) is 19.4. The molecule has 34 heavy (non-hydrogen) atoms. The Morgan fingerprint density at radius 2 is 1.97 bits per heavy atom. The quantitative estimate of drug-likeness (QED) is 0.674. The molecule has 2 aromatic rings. The van der Waals surface area contributed by atoms with Gasteiger partial charge in [-0.3, -0.25) is 4.21 Å². The number of rotatable bonds is 3. The molecule has 1 unspecified atom stereocenters. The molecule has 0 bridgehead atoms. The highest BCUT2D eigenvalue weighted by Gasteiger charge is 2.40. The van der Waals surface area contributed by atoms with Crippen molar-refractivity contribution in [1.82, 2.24) is 14.9 Å². The summed E-state index contributed by atoms with van der Waals surface area (Å²) >= 11 is 0. The molecule has 3 aliphatic rings. The van der Waals surface area contributed by atoms with Gasteiger partial charge in [-0.1, -0.05) is 24.3 Å². The maximum atomic E-state index is 12.4. The molecule has 2 heterocycles. The zero-order chi connectivity index (χ0) is 23.9. The molecule has 9 heteroatoms. The summed E-state index contributed by atoms with van der Waals surface area (Å²) < 4.78 is 12.4. The summed E-state index contributed by atoms with van der Waals surface area (Å²) in [5.41, 5.74) is 5.11. The van der Waals surface area contributed by atoms with Gasteiger partial charge in [0.1, 0.15) is 5.82 Å². The van der Waals surface area contributed by atoms with Gasteiger partial charge < -0.3 is 14.9 Å². The first-order valence-corrected chi connectivity index (χ1v) is 13.4. The zero-order valence-corrected chi connectivity index (χ0v) is 20.2. The SMILES string of the molecule is CS(=O)c1nc2c(c(N3CCN(C(=O)O)[C@@H](CC#N)C3)n1)CC[C@]1(CCc3ccccc3C1)C2. The summed E-state index contributed by atoms with van der Waals surface area (Å²) in [4.78, 5) is 24.6.